The SMILES string of the molecule is CCC(CC)(c1ccccc1)C(NC)c1cnccn1. The maximum atomic E-state index is 4.51. The molecule has 106 valence electrons. The van der Waals surface area contributed by atoms with Gasteiger partial charge in [-0.25, -0.2) is 0 Å². The fraction of sp³-hybridized carbons (Fsp3) is 0.412. The summed E-state index contributed by atoms with van der Waals surface area (Å²) in [4.78, 5) is 8.74. The van der Waals surface area contributed by atoms with Crippen molar-refractivity contribution in [2.75, 3.05) is 7.05 Å². The molecular weight excluding hydrogens is 246 g/mol. The summed E-state index contributed by atoms with van der Waals surface area (Å²) in [5.74, 6) is 0. The number of hydrogen-bond acceptors (Lipinski definition) is 3. The van der Waals surface area contributed by atoms with Crippen molar-refractivity contribution in [3.8, 4) is 0 Å². The summed E-state index contributed by atoms with van der Waals surface area (Å²) in [5, 5.41) is 3.46. The molecule has 0 aliphatic rings. The molecular formula is C17H23N3. The van der Waals surface area contributed by atoms with Crippen LogP contribution in [0.2, 0.25) is 0 Å². The Labute approximate surface area is 121 Å². The van der Waals surface area contributed by atoms with Gasteiger partial charge in [-0.3, -0.25) is 9.97 Å². The van der Waals surface area contributed by atoms with Gasteiger partial charge < -0.3 is 5.32 Å². The van der Waals surface area contributed by atoms with E-state index < -0.39 is 0 Å². The van der Waals surface area contributed by atoms with E-state index in [9.17, 15) is 0 Å². The van der Waals surface area contributed by atoms with E-state index in [2.05, 4.69) is 59.5 Å². The zero-order valence-corrected chi connectivity index (χ0v) is 12.5. The molecule has 1 aromatic carbocycles. The van der Waals surface area contributed by atoms with Gasteiger partial charge in [0, 0.05) is 24.0 Å². The van der Waals surface area contributed by atoms with E-state index in [1.165, 1.54) is 5.56 Å². The second-order valence-corrected chi connectivity index (χ2v) is 5.08. The van der Waals surface area contributed by atoms with Crippen molar-refractivity contribution in [1.29, 1.82) is 0 Å². The van der Waals surface area contributed by atoms with Gasteiger partial charge in [-0.15, -0.1) is 0 Å². The fourth-order valence-corrected chi connectivity index (χ4v) is 3.17. The highest BCUT2D eigenvalue weighted by Gasteiger charge is 2.38. The average Bonchev–Trinajstić information content (AvgIpc) is 2.54. The zero-order valence-electron chi connectivity index (χ0n) is 12.5. The Bertz CT molecular complexity index is 506. The van der Waals surface area contributed by atoms with E-state index >= 15 is 0 Å². The minimum Gasteiger partial charge on any atom is -0.311 e. The molecule has 0 aliphatic heterocycles. The number of likely N-dealkylation sites (N-methyl/N-ethyl adjacent to an activating group) is 1. The number of nitrogens with one attached hydrogen (secondary N) is 1. The van der Waals surface area contributed by atoms with Crippen molar-refractivity contribution in [2.24, 2.45) is 0 Å². The Morgan fingerprint density at radius 2 is 1.80 bits per heavy atom. The van der Waals surface area contributed by atoms with Gasteiger partial charge in [-0.05, 0) is 25.5 Å². The van der Waals surface area contributed by atoms with Crippen molar-refractivity contribution in [2.45, 2.75) is 38.1 Å². The van der Waals surface area contributed by atoms with Gasteiger partial charge in [0.15, 0.2) is 0 Å². The highest BCUT2D eigenvalue weighted by atomic mass is 14.9. The van der Waals surface area contributed by atoms with Crippen LogP contribution < -0.4 is 5.32 Å². The van der Waals surface area contributed by atoms with Gasteiger partial charge in [-0.1, -0.05) is 44.2 Å². The lowest BCUT2D eigenvalue weighted by Crippen LogP contribution is -2.40. The van der Waals surface area contributed by atoms with E-state index in [0.29, 0.717) is 0 Å². The second-order valence-electron chi connectivity index (χ2n) is 5.08. The van der Waals surface area contributed by atoms with Crippen LogP contribution in [-0.2, 0) is 5.41 Å². The number of hydrogen-bond donors (Lipinski definition) is 1. The van der Waals surface area contributed by atoms with Crippen molar-refractivity contribution >= 4 is 0 Å². The molecule has 0 spiro atoms. The van der Waals surface area contributed by atoms with Crippen LogP contribution in [0.15, 0.2) is 48.9 Å². The van der Waals surface area contributed by atoms with Crippen molar-refractivity contribution < 1.29 is 0 Å². The van der Waals surface area contributed by atoms with Gasteiger partial charge in [-0.2, -0.15) is 0 Å². The van der Waals surface area contributed by atoms with E-state index in [4.69, 9.17) is 0 Å². The molecule has 0 radical (unpaired) electrons. The molecule has 20 heavy (non-hydrogen) atoms. The van der Waals surface area contributed by atoms with Crippen LogP contribution in [0.3, 0.4) is 0 Å². The third-order valence-corrected chi connectivity index (χ3v) is 4.33. The van der Waals surface area contributed by atoms with Gasteiger partial charge in [0.25, 0.3) is 0 Å². The summed E-state index contributed by atoms with van der Waals surface area (Å²) in [6.45, 7) is 4.49. The van der Waals surface area contributed by atoms with Crippen molar-refractivity contribution in [1.82, 2.24) is 15.3 Å². The van der Waals surface area contributed by atoms with E-state index in [-0.39, 0.29) is 11.5 Å². The summed E-state index contributed by atoms with van der Waals surface area (Å²) < 4.78 is 0. The molecule has 3 heteroatoms. The molecule has 2 rings (SSSR count). The minimum absolute atomic E-state index is 0.0338. The topological polar surface area (TPSA) is 37.8 Å². The molecule has 0 bridgehead atoms. The van der Waals surface area contributed by atoms with Crippen molar-refractivity contribution in [3.63, 3.8) is 0 Å². The highest BCUT2D eigenvalue weighted by Crippen LogP contribution is 2.42. The molecule has 1 unspecified atom stereocenters. The van der Waals surface area contributed by atoms with Crippen LogP contribution in [0.25, 0.3) is 0 Å². The summed E-state index contributed by atoms with van der Waals surface area (Å²) in [5.41, 5.74) is 2.39. The summed E-state index contributed by atoms with van der Waals surface area (Å²) >= 11 is 0. The first-order valence-electron chi connectivity index (χ1n) is 7.27. The Morgan fingerprint density at radius 3 is 2.30 bits per heavy atom. The predicted octanol–water partition coefficient (Wildman–Crippen LogP) is 3.50. The predicted molar refractivity (Wildman–Crippen MR) is 82.5 cm³/mol. The molecule has 1 N–H and O–H groups in total. The maximum absolute atomic E-state index is 4.51. The highest BCUT2D eigenvalue weighted by molar-refractivity contribution is 5.30. The van der Waals surface area contributed by atoms with Crippen molar-refractivity contribution in [3.05, 3.63) is 60.2 Å². The van der Waals surface area contributed by atoms with E-state index in [1.807, 2.05) is 13.2 Å². The molecule has 0 fully saturated rings. The number of rotatable bonds is 6. The minimum atomic E-state index is 0.0338. The first-order valence-corrected chi connectivity index (χ1v) is 7.27. The second kappa shape index (κ2) is 6.62. The van der Waals surface area contributed by atoms with Gasteiger partial charge in [0.05, 0.1) is 11.7 Å². The number of benzene rings is 1. The first-order chi connectivity index (χ1) is 9.78. The summed E-state index contributed by atoms with van der Waals surface area (Å²) in [6, 6.07) is 10.9. The standard InChI is InChI=1S/C17H23N3/c1-4-17(5-2,14-9-7-6-8-10-14)16(18-3)15-13-19-11-12-20-15/h6-13,16,18H,4-5H2,1-3H3. The Kier molecular flexibility index (Phi) is 4.85. The molecule has 0 aliphatic carbocycles. The van der Waals surface area contributed by atoms with Crippen LogP contribution >= 0.6 is 0 Å². The largest absolute Gasteiger partial charge is 0.311 e. The van der Waals surface area contributed by atoms with Crippen LogP contribution in [0.5, 0.6) is 0 Å². The molecule has 0 amide bonds. The summed E-state index contributed by atoms with van der Waals surface area (Å²) in [6.07, 6.45) is 7.45. The molecule has 0 saturated carbocycles. The lowest BCUT2D eigenvalue weighted by molar-refractivity contribution is 0.281. The number of aromatic nitrogens is 2. The molecule has 3 nitrogen and oxygen atoms in total. The molecule has 0 saturated heterocycles. The Hall–Kier alpha value is -1.74. The smallest absolute Gasteiger partial charge is 0.0765 e. The Balaban J connectivity index is 2.51. The third-order valence-electron chi connectivity index (χ3n) is 4.33. The van der Waals surface area contributed by atoms with Gasteiger partial charge >= 0.3 is 0 Å². The lowest BCUT2D eigenvalue weighted by Gasteiger charge is -2.39. The molecule has 2 aromatic rings. The van der Waals surface area contributed by atoms with E-state index in [0.717, 1.165) is 18.5 Å². The first kappa shape index (κ1) is 14.7. The maximum Gasteiger partial charge on any atom is 0.0765 e. The molecule has 1 atom stereocenters. The summed E-state index contributed by atoms with van der Waals surface area (Å²) in [7, 11) is 2.00. The van der Waals surface area contributed by atoms with E-state index in [1.54, 1.807) is 12.4 Å². The normalized spacial score (nSPS) is 13.2. The quantitative estimate of drug-likeness (QED) is 0.872. The number of nitrogens with zero attached hydrogens (tertiary/aromatic N) is 2. The van der Waals surface area contributed by atoms with Crippen LogP contribution in [0, 0.1) is 0 Å². The monoisotopic (exact) mass is 269 g/mol. The van der Waals surface area contributed by atoms with Crippen LogP contribution in [0.1, 0.15) is 44.0 Å². The molecule has 1 heterocycles. The lowest BCUT2D eigenvalue weighted by atomic mass is 9.69. The third kappa shape index (κ3) is 2.59. The Morgan fingerprint density at radius 1 is 1.10 bits per heavy atom. The van der Waals surface area contributed by atoms with Gasteiger partial charge in [0.2, 0.25) is 0 Å². The average molecular weight is 269 g/mol. The van der Waals surface area contributed by atoms with Crippen LogP contribution in [-0.4, -0.2) is 17.0 Å². The molecule has 1 aromatic heterocycles. The van der Waals surface area contributed by atoms with Crippen LogP contribution in [0.4, 0.5) is 0 Å². The van der Waals surface area contributed by atoms with Gasteiger partial charge in [0.1, 0.15) is 0 Å². The fourth-order valence-electron chi connectivity index (χ4n) is 3.17. The zero-order chi connectivity index (χ0) is 14.4.